The van der Waals surface area contributed by atoms with Gasteiger partial charge >= 0.3 is 5.91 Å². The van der Waals surface area contributed by atoms with Crippen molar-refractivity contribution >= 4 is 39.2 Å². The average Bonchev–Trinajstić information content (AvgIpc) is 3.29. The number of hydrogen-bond donors (Lipinski definition) is 1. The number of aliphatic hydroxyl groups excluding tert-OH is 1. The van der Waals surface area contributed by atoms with Crippen molar-refractivity contribution in [3.05, 3.63) is 81.5 Å². The second kappa shape index (κ2) is 7.79. The van der Waals surface area contributed by atoms with Gasteiger partial charge in [-0.25, -0.2) is 0 Å². The maximum absolute atomic E-state index is 13.0. The van der Waals surface area contributed by atoms with Crippen molar-refractivity contribution < 1.29 is 24.0 Å². The SMILES string of the molecule is COc1cccc(C(O)=C2C(=O)C(=O)N(c3cc(C)on3)[C@H]2c2ccc(Br)cc2)c1. The van der Waals surface area contributed by atoms with Gasteiger partial charge in [-0.2, -0.15) is 0 Å². The number of aryl methyl sites for hydroxylation is 1. The first kappa shape index (κ1) is 19.9. The van der Waals surface area contributed by atoms with Crippen LogP contribution in [0.15, 0.2) is 69.2 Å². The molecule has 4 rings (SSSR count). The molecule has 7 nitrogen and oxygen atoms in total. The van der Waals surface area contributed by atoms with Crippen molar-refractivity contribution in [1.29, 1.82) is 0 Å². The van der Waals surface area contributed by atoms with Crippen LogP contribution in [0.4, 0.5) is 5.82 Å². The summed E-state index contributed by atoms with van der Waals surface area (Å²) < 4.78 is 11.2. The van der Waals surface area contributed by atoms with E-state index in [1.165, 1.54) is 12.0 Å². The van der Waals surface area contributed by atoms with Crippen LogP contribution >= 0.6 is 15.9 Å². The van der Waals surface area contributed by atoms with Gasteiger partial charge in [-0.3, -0.25) is 14.5 Å². The minimum Gasteiger partial charge on any atom is -0.507 e. The zero-order valence-electron chi connectivity index (χ0n) is 16.1. The third kappa shape index (κ3) is 3.39. The molecule has 2 aromatic carbocycles. The first-order valence-corrected chi connectivity index (χ1v) is 9.84. The van der Waals surface area contributed by atoms with Crippen molar-refractivity contribution in [3.63, 3.8) is 0 Å². The quantitative estimate of drug-likeness (QED) is 0.347. The number of nitrogens with zero attached hydrogens (tertiary/aromatic N) is 2. The van der Waals surface area contributed by atoms with Gasteiger partial charge in [0.1, 0.15) is 17.3 Å². The van der Waals surface area contributed by atoms with Crippen LogP contribution in [0.25, 0.3) is 5.76 Å². The third-order valence-electron chi connectivity index (χ3n) is 4.84. The van der Waals surface area contributed by atoms with Crippen molar-refractivity contribution in [1.82, 2.24) is 5.16 Å². The minimum absolute atomic E-state index is 0.0313. The normalized spacial score (nSPS) is 18.1. The van der Waals surface area contributed by atoms with Gasteiger partial charge in [-0.1, -0.05) is 45.4 Å². The second-order valence-corrected chi connectivity index (χ2v) is 7.66. The van der Waals surface area contributed by atoms with Gasteiger partial charge in [0, 0.05) is 16.1 Å². The highest BCUT2D eigenvalue weighted by atomic mass is 79.9. The van der Waals surface area contributed by atoms with E-state index in [0.717, 1.165) is 4.47 Å². The molecule has 0 aliphatic carbocycles. The fourth-order valence-electron chi connectivity index (χ4n) is 3.42. The molecular formula is C22H17BrN2O5. The lowest BCUT2D eigenvalue weighted by Gasteiger charge is -2.23. The molecular weight excluding hydrogens is 452 g/mol. The number of methoxy groups -OCH3 is 1. The lowest BCUT2D eigenvalue weighted by Crippen LogP contribution is -2.29. The highest BCUT2D eigenvalue weighted by Gasteiger charge is 2.48. The van der Waals surface area contributed by atoms with Crippen LogP contribution in [0.2, 0.25) is 0 Å². The molecule has 0 spiro atoms. The zero-order valence-corrected chi connectivity index (χ0v) is 17.7. The molecule has 1 saturated heterocycles. The number of ketones is 1. The number of ether oxygens (including phenoxy) is 1. The lowest BCUT2D eigenvalue weighted by atomic mass is 9.95. The number of carbonyl (C=O) groups is 2. The Morgan fingerprint density at radius 3 is 2.53 bits per heavy atom. The van der Waals surface area contributed by atoms with Crippen LogP contribution in [0.3, 0.4) is 0 Å². The van der Waals surface area contributed by atoms with Crippen molar-refractivity contribution in [2.24, 2.45) is 0 Å². The van der Waals surface area contributed by atoms with Gasteiger partial charge in [0.15, 0.2) is 5.82 Å². The summed E-state index contributed by atoms with van der Waals surface area (Å²) in [5.41, 5.74) is 0.976. The lowest BCUT2D eigenvalue weighted by molar-refractivity contribution is -0.132. The molecule has 1 aromatic heterocycles. The molecule has 0 unspecified atom stereocenters. The van der Waals surface area contributed by atoms with E-state index in [4.69, 9.17) is 9.26 Å². The number of aliphatic hydroxyl groups is 1. The van der Waals surface area contributed by atoms with Crippen LogP contribution in [0.5, 0.6) is 5.75 Å². The maximum Gasteiger partial charge on any atom is 0.301 e. The van der Waals surface area contributed by atoms with E-state index in [0.29, 0.717) is 22.6 Å². The Morgan fingerprint density at radius 2 is 1.90 bits per heavy atom. The van der Waals surface area contributed by atoms with E-state index < -0.39 is 17.7 Å². The molecule has 1 fully saturated rings. The largest absolute Gasteiger partial charge is 0.507 e. The van der Waals surface area contributed by atoms with E-state index in [-0.39, 0.29) is 17.2 Å². The molecule has 152 valence electrons. The molecule has 1 amide bonds. The Labute approximate surface area is 180 Å². The molecule has 30 heavy (non-hydrogen) atoms. The van der Waals surface area contributed by atoms with Gasteiger partial charge in [0.2, 0.25) is 0 Å². The van der Waals surface area contributed by atoms with E-state index >= 15 is 0 Å². The number of aromatic nitrogens is 1. The third-order valence-corrected chi connectivity index (χ3v) is 5.36. The topological polar surface area (TPSA) is 92.9 Å². The van der Waals surface area contributed by atoms with E-state index in [1.807, 2.05) is 0 Å². The Hall–Kier alpha value is -3.39. The van der Waals surface area contributed by atoms with Gasteiger partial charge in [-0.15, -0.1) is 0 Å². The van der Waals surface area contributed by atoms with E-state index in [9.17, 15) is 14.7 Å². The van der Waals surface area contributed by atoms with Crippen LogP contribution in [-0.4, -0.2) is 29.1 Å². The number of Topliss-reactive ketones (excluding diaryl/α,β-unsaturated/α-hetero) is 1. The van der Waals surface area contributed by atoms with Crippen LogP contribution in [-0.2, 0) is 9.59 Å². The van der Waals surface area contributed by atoms with E-state index in [2.05, 4.69) is 21.1 Å². The number of benzene rings is 2. The van der Waals surface area contributed by atoms with Crippen LogP contribution in [0, 0.1) is 6.92 Å². The average molecular weight is 469 g/mol. The summed E-state index contributed by atoms with van der Waals surface area (Å²) in [4.78, 5) is 27.2. The standard InChI is InChI=1S/C22H17BrN2O5/c1-12-10-17(24-30-12)25-19(13-6-8-15(23)9-7-13)18(21(27)22(25)28)20(26)14-4-3-5-16(11-14)29-2/h3-11,19,26H,1-2H3/t19-/m0/s1. The maximum atomic E-state index is 13.0. The summed E-state index contributed by atoms with van der Waals surface area (Å²) in [6.07, 6.45) is 0. The molecule has 1 N–H and O–H groups in total. The molecule has 3 aromatic rings. The smallest absolute Gasteiger partial charge is 0.301 e. The Kier molecular flexibility index (Phi) is 5.17. The molecule has 1 atom stereocenters. The summed E-state index contributed by atoms with van der Waals surface area (Å²) in [6, 6.07) is 14.5. The molecule has 2 heterocycles. The van der Waals surface area contributed by atoms with Gasteiger partial charge in [0.25, 0.3) is 5.78 Å². The molecule has 0 saturated carbocycles. The number of hydrogen-bond acceptors (Lipinski definition) is 6. The summed E-state index contributed by atoms with van der Waals surface area (Å²) in [5.74, 6) is -0.672. The minimum atomic E-state index is -0.867. The van der Waals surface area contributed by atoms with Crippen molar-refractivity contribution in [3.8, 4) is 5.75 Å². The highest BCUT2D eigenvalue weighted by Crippen LogP contribution is 2.42. The first-order chi connectivity index (χ1) is 14.4. The number of rotatable bonds is 4. The Bertz CT molecular complexity index is 1170. The fraction of sp³-hybridized carbons (Fsp3) is 0.136. The molecule has 1 aliphatic heterocycles. The first-order valence-electron chi connectivity index (χ1n) is 9.05. The zero-order chi connectivity index (χ0) is 21.4. The van der Waals surface area contributed by atoms with Gasteiger partial charge < -0.3 is 14.4 Å². The Balaban J connectivity index is 1.94. The number of halogens is 1. The van der Waals surface area contributed by atoms with Crippen LogP contribution < -0.4 is 9.64 Å². The summed E-state index contributed by atoms with van der Waals surface area (Å²) >= 11 is 3.39. The number of amides is 1. The Morgan fingerprint density at radius 1 is 1.17 bits per heavy atom. The molecule has 1 aliphatic rings. The monoisotopic (exact) mass is 468 g/mol. The highest BCUT2D eigenvalue weighted by molar-refractivity contribution is 9.10. The summed E-state index contributed by atoms with van der Waals surface area (Å²) in [5, 5.41) is 15.0. The van der Waals surface area contributed by atoms with Crippen LogP contribution in [0.1, 0.15) is 22.9 Å². The fourth-order valence-corrected chi connectivity index (χ4v) is 3.69. The molecule has 0 radical (unpaired) electrons. The summed E-state index contributed by atoms with van der Waals surface area (Å²) in [7, 11) is 1.51. The number of carbonyl (C=O) groups excluding carboxylic acids is 2. The molecule has 8 heteroatoms. The predicted octanol–water partition coefficient (Wildman–Crippen LogP) is 4.38. The number of anilines is 1. The molecule has 0 bridgehead atoms. The second-order valence-electron chi connectivity index (χ2n) is 6.75. The van der Waals surface area contributed by atoms with Gasteiger partial charge in [-0.05, 0) is 36.8 Å². The summed E-state index contributed by atoms with van der Waals surface area (Å²) in [6.45, 7) is 1.69. The predicted molar refractivity (Wildman–Crippen MR) is 113 cm³/mol. The van der Waals surface area contributed by atoms with Gasteiger partial charge in [0.05, 0.1) is 18.7 Å². The van der Waals surface area contributed by atoms with Crippen molar-refractivity contribution in [2.45, 2.75) is 13.0 Å². The van der Waals surface area contributed by atoms with Crippen molar-refractivity contribution in [2.75, 3.05) is 12.0 Å². The van der Waals surface area contributed by atoms with E-state index in [1.54, 1.807) is 61.5 Å².